The molecule has 5 N–H and O–H groups in total. The van der Waals surface area contributed by atoms with E-state index in [0.29, 0.717) is 23.7 Å². The van der Waals surface area contributed by atoms with Crippen LogP contribution in [-0.2, 0) is 6.54 Å². The highest BCUT2D eigenvalue weighted by Gasteiger charge is 2.16. The van der Waals surface area contributed by atoms with E-state index in [1.165, 1.54) is 0 Å². The van der Waals surface area contributed by atoms with Crippen molar-refractivity contribution >= 4 is 34.0 Å². The van der Waals surface area contributed by atoms with Crippen molar-refractivity contribution in [1.82, 2.24) is 34.9 Å². The maximum Gasteiger partial charge on any atom is 0.222 e. The van der Waals surface area contributed by atoms with E-state index < -0.39 is 0 Å². The molecule has 0 amide bonds. The van der Waals surface area contributed by atoms with Crippen LogP contribution in [0.3, 0.4) is 0 Å². The zero-order chi connectivity index (χ0) is 18.2. The molecule has 0 aliphatic rings. The number of nitrogen functional groups attached to an aromatic ring is 1. The van der Waals surface area contributed by atoms with Crippen molar-refractivity contribution in [3.63, 3.8) is 0 Å². The van der Waals surface area contributed by atoms with Crippen molar-refractivity contribution in [1.29, 1.82) is 0 Å². The molecule has 0 spiro atoms. The van der Waals surface area contributed by atoms with Gasteiger partial charge in [0.15, 0.2) is 5.65 Å². The van der Waals surface area contributed by atoms with Gasteiger partial charge in [0, 0.05) is 36.1 Å². The summed E-state index contributed by atoms with van der Waals surface area (Å²) in [5.41, 5.74) is 10.5. The number of anilines is 2. The molecule has 9 nitrogen and oxygen atoms in total. The van der Waals surface area contributed by atoms with Crippen LogP contribution in [0.25, 0.3) is 33.5 Å². The monoisotopic (exact) mass is 357 g/mol. The van der Waals surface area contributed by atoms with Gasteiger partial charge in [-0.25, -0.2) is 15.0 Å². The number of aromatic amines is 2. The number of imidazole rings is 1. The van der Waals surface area contributed by atoms with Crippen molar-refractivity contribution in [3.8, 4) is 11.3 Å². The van der Waals surface area contributed by atoms with Gasteiger partial charge in [-0.2, -0.15) is 4.98 Å². The van der Waals surface area contributed by atoms with Gasteiger partial charge in [0.1, 0.15) is 22.7 Å². The van der Waals surface area contributed by atoms with Gasteiger partial charge in [0.2, 0.25) is 5.95 Å². The second-order valence-corrected chi connectivity index (χ2v) is 6.04. The number of nitrogens with one attached hydrogen (secondary N) is 3. The topological polar surface area (TPSA) is 134 Å². The first-order valence-corrected chi connectivity index (χ1v) is 8.36. The number of hydrogen-bond acceptors (Lipinski definition) is 7. The van der Waals surface area contributed by atoms with Crippen LogP contribution < -0.4 is 11.1 Å². The fourth-order valence-electron chi connectivity index (χ4n) is 3.06. The van der Waals surface area contributed by atoms with Crippen LogP contribution in [0.2, 0.25) is 0 Å². The Balaban J connectivity index is 1.63. The molecule has 0 bridgehead atoms. The minimum atomic E-state index is 0.176. The summed E-state index contributed by atoms with van der Waals surface area (Å²) in [4.78, 5) is 27.8. The molecule has 27 heavy (non-hydrogen) atoms. The molecule has 0 saturated carbocycles. The summed E-state index contributed by atoms with van der Waals surface area (Å²) >= 11 is 0. The first-order valence-electron chi connectivity index (χ1n) is 8.36. The number of rotatable bonds is 4. The predicted molar refractivity (Wildman–Crippen MR) is 103 cm³/mol. The van der Waals surface area contributed by atoms with Crippen LogP contribution in [0.5, 0.6) is 0 Å². The zero-order valence-corrected chi connectivity index (χ0v) is 14.1. The SMILES string of the molecule is Nc1nc(-c2cc(NCc3cccnc3)nc3[nH]ccc23)c2[nH]cnc2n1. The first-order chi connectivity index (χ1) is 13.3. The standard InChI is InChI=1S/C18H15N9/c19-18-26-14(15-17(27-18)24-9-23-15)12-6-13(25-16-11(12)3-5-21-16)22-8-10-2-1-4-20-7-10/h1-7,9H,8H2,(H2,21,22,25)(H3,19,23,24,26,27). The molecule has 0 fully saturated rings. The highest BCUT2D eigenvalue weighted by atomic mass is 15.1. The molecule has 5 aromatic rings. The number of aromatic nitrogens is 7. The molecule has 0 aliphatic heterocycles. The zero-order valence-electron chi connectivity index (χ0n) is 14.1. The number of H-pyrrole nitrogens is 2. The van der Waals surface area contributed by atoms with Gasteiger partial charge in [0.05, 0.1) is 6.33 Å². The maximum atomic E-state index is 5.89. The third-order valence-electron chi connectivity index (χ3n) is 4.28. The summed E-state index contributed by atoms with van der Waals surface area (Å²) in [5, 5.41) is 4.28. The lowest BCUT2D eigenvalue weighted by molar-refractivity contribution is 1.09. The van der Waals surface area contributed by atoms with Crippen molar-refractivity contribution in [2.24, 2.45) is 0 Å². The average Bonchev–Trinajstić information content (AvgIpc) is 3.35. The second-order valence-electron chi connectivity index (χ2n) is 6.04. The Bertz CT molecular complexity index is 1240. The van der Waals surface area contributed by atoms with Gasteiger partial charge in [-0.15, -0.1) is 0 Å². The third-order valence-corrected chi connectivity index (χ3v) is 4.28. The molecular weight excluding hydrogens is 342 g/mol. The van der Waals surface area contributed by atoms with E-state index in [0.717, 1.165) is 27.7 Å². The molecular formula is C18H15N9. The Morgan fingerprint density at radius 2 is 2.07 bits per heavy atom. The smallest absolute Gasteiger partial charge is 0.222 e. The summed E-state index contributed by atoms with van der Waals surface area (Å²) in [7, 11) is 0. The van der Waals surface area contributed by atoms with Gasteiger partial charge >= 0.3 is 0 Å². The Hall–Kier alpha value is -4.01. The molecule has 9 heteroatoms. The molecule has 0 saturated heterocycles. The average molecular weight is 357 g/mol. The highest BCUT2D eigenvalue weighted by Crippen LogP contribution is 2.32. The summed E-state index contributed by atoms with van der Waals surface area (Å²) in [6, 6.07) is 7.83. The van der Waals surface area contributed by atoms with Crippen molar-refractivity contribution in [3.05, 3.63) is 54.7 Å². The molecule has 132 valence electrons. The van der Waals surface area contributed by atoms with Crippen LogP contribution in [0, 0.1) is 0 Å². The van der Waals surface area contributed by atoms with Crippen LogP contribution in [0.4, 0.5) is 11.8 Å². The minimum Gasteiger partial charge on any atom is -0.368 e. The van der Waals surface area contributed by atoms with Gasteiger partial charge in [0.25, 0.3) is 0 Å². The predicted octanol–water partition coefficient (Wildman–Crippen LogP) is 2.49. The van der Waals surface area contributed by atoms with E-state index in [2.05, 4.69) is 40.2 Å². The molecule has 5 aromatic heterocycles. The Labute approximate surface area is 153 Å². The Morgan fingerprint density at radius 1 is 1.11 bits per heavy atom. The molecule has 5 heterocycles. The van der Waals surface area contributed by atoms with Gasteiger partial charge in [-0.3, -0.25) is 4.98 Å². The van der Waals surface area contributed by atoms with Crippen molar-refractivity contribution in [2.45, 2.75) is 6.54 Å². The molecule has 0 aromatic carbocycles. The maximum absolute atomic E-state index is 5.89. The molecule has 0 atom stereocenters. The van der Waals surface area contributed by atoms with Crippen LogP contribution in [0.1, 0.15) is 5.56 Å². The lowest BCUT2D eigenvalue weighted by Crippen LogP contribution is -2.03. The number of fused-ring (bicyclic) bond motifs is 2. The molecule has 0 aliphatic carbocycles. The Morgan fingerprint density at radius 3 is 2.96 bits per heavy atom. The van der Waals surface area contributed by atoms with Crippen molar-refractivity contribution < 1.29 is 0 Å². The van der Waals surface area contributed by atoms with Gasteiger partial charge in [-0.05, 0) is 23.8 Å². The summed E-state index contributed by atoms with van der Waals surface area (Å²) < 4.78 is 0. The van der Waals surface area contributed by atoms with E-state index in [1.54, 1.807) is 12.5 Å². The summed E-state index contributed by atoms with van der Waals surface area (Å²) in [5.74, 6) is 0.892. The van der Waals surface area contributed by atoms with E-state index in [-0.39, 0.29) is 5.95 Å². The van der Waals surface area contributed by atoms with Gasteiger partial charge < -0.3 is 21.0 Å². The lowest BCUT2D eigenvalue weighted by atomic mass is 10.1. The first kappa shape index (κ1) is 15.3. The quantitative estimate of drug-likeness (QED) is 0.388. The fraction of sp³-hybridized carbons (Fsp3) is 0.0556. The van der Waals surface area contributed by atoms with Crippen LogP contribution >= 0.6 is 0 Å². The number of hydrogen-bond donors (Lipinski definition) is 4. The van der Waals surface area contributed by atoms with E-state index >= 15 is 0 Å². The third kappa shape index (κ3) is 2.71. The number of pyridine rings is 2. The Kier molecular flexibility index (Phi) is 3.42. The normalized spacial score (nSPS) is 11.3. The van der Waals surface area contributed by atoms with E-state index in [4.69, 9.17) is 5.73 Å². The molecule has 0 radical (unpaired) electrons. The number of nitrogens with zero attached hydrogens (tertiary/aromatic N) is 5. The van der Waals surface area contributed by atoms with E-state index in [1.807, 2.05) is 36.7 Å². The largest absolute Gasteiger partial charge is 0.368 e. The summed E-state index contributed by atoms with van der Waals surface area (Å²) in [6.45, 7) is 0.609. The number of nitrogens with two attached hydrogens (primary N) is 1. The lowest BCUT2D eigenvalue weighted by Gasteiger charge is -2.10. The van der Waals surface area contributed by atoms with Crippen LogP contribution in [-0.4, -0.2) is 34.9 Å². The second kappa shape index (κ2) is 6.06. The van der Waals surface area contributed by atoms with E-state index in [9.17, 15) is 0 Å². The molecule has 0 unspecified atom stereocenters. The van der Waals surface area contributed by atoms with Crippen LogP contribution in [0.15, 0.2) is 49.2 Å². The summed E-state index contributed by atoms with van der Waals surface area (Å²) in [6.07, 6.45) is 7.00. The fourth-order valence-corrected chi connectivity index (χ4v) is 3.06. The van der Waals surface area contributed by atoms with Crippen molar-refractivity contribution in [2.75, 3.05) is 11.1 Å². The van der Waals surface area contributed by atoms with Gasteiger partial charge in [-0.1, -0.05) is 6.07 Å². The minimum absolute atomic E-state index is 0.176. The highest BCUT2D eigenvalue weighted by molar-refractivity contribution is 6.00. The molecule has 5 rings (SSSR count).